The molecule has 0 aromatic carbocycles. The van der Waals surface area contributed by atoms with E-state index in [2.05, 4.69) is 9.98 Å². The van der Waals surface area contributed by atoms with Gasteiger partial charge >= 0.3 is 0 Å². The highest BCUT2D eigenvalue weighted by Crippen LogP contribution is 2.22. The fraction of sp³-hybridized carbons (Fsp3) is 0.600. The van der Waals surface area contributed by atoms with Crippen LogP contribution in [0.25, 0.3) is 0 Å². The summed E-state index contributed by atoms with van der Waals surface area (Å²) in [6, 6.07) is -1.22. The first-order valence-electron chi connectivity index (χ1n) is 5.01. The number of nitrogens with zero attached hydrogens (tertiary/aromatic N) is 3. The molecular weight excluding hydrogens is 194 g/mol. The van der Waals surface area contributed by atoms with Gasteiger partial charge in [0.2, 0.25) is 0 Å². The number of carbonyl (C=O) groups is 2. The molecule has 2 aliphatic heterocycles. The molecule has 0 bridgehead atoms. The van der Waals surface area contributed by atoms with Crippen molar-refractivity contribution in [3.63, 3.8) is 0 Å². The van der Waals surface area contributed by atoms with Crippen LogP contribution in [0, 0.1) is 5.92 Å². The third-order valence-electron chi connectivity index (χ3n) is 2.44. The Hall–Kier alpha value is -1.52. The molecule has 15 heavy (non-hydrogen) atoms. The smallest absolute Gasteiger partial charge is 0.256 e. The van der Waals surface area contributed by atoms with Crippen molar-refractivity contribution < 1.29 is 9.59 Å². The Morgan fingerprint density at radius 3 is 2.07 bits per heavy atom. The van der Waals surface area contributed by atoms with Crippen molar-refractivity contribution in [1.29, 1.82) is 0 Å². The summed E-state index contributed by atoms with van der Waals surface area (Å²) < 4.78 is 0. The minimum absolute atomic E-state index is 0.216. The van der Waals surface area contributed by atoms with Crippen LogP contribution in [0.1, 0.15) is 13.8 Å². The van der Waals surface area contributed by atoms with Crippen molar-refractivity contribution in [3.05, 3.63) is 0 Å². The van der Waals surface area contributed by atoms with E-state index in [1.54, 1.807) is 0 Å². The molecule has 2 aliphatic rings. The number of amides is 2. The van der Waals surface area contributed by atoms with E-state index in [-0.39, 0.29) is 17.7 Å². The second kappa shape index (κ2) is 3.56. The predicted octanol–water partition coefficient (Wildman–Crippen LogP) is -0.0964. The van der Waals surface area contributed by atoms with Crippen molar-refractivity contribution in [2.24, 2.45) is 15.9 Å². The number of aliphatic imine (C=N–C) groups is 2. The van der Waals surface area contributed by atoms with Crippen LogP contribution >= 0.6 is 0 Å². The summed E-state index contributed by atoms with van der Waals surface area (Å²) in [6.07, 6.45) is 2.95. The number of carbonyl (C=O) groups excluding carboxylic acids is 2. The van der Waals surface area contributed by atoms with E-state index >= 15 is 0 Å². The zero-order valence-corrected chi connectivity index (χ0v) is 8.75. The van der Waals surface area contributed by atoms with E-state index in [4.69, 9.17) is 0 Å². The molecule has 0 aliphatic carbocycles. The normalized spacial score (nSPS) is 29.1. The molecular formula is C10H13N3O2. The first kappa shape index (κ1) is 10.0. The van der Waals surface area contributed by atoms with E-state index < -0.39 is 12.1 Å². The lowest BCUT2D eigenvalue weighted by Crippen LogP contribution is -2.35. The van der Waals surface area contributed by atoms with Gasteiger partial charge in [-0.2, -0.15) is 0 Å². The van der Waals surface area contributed by atoms with E-state index in [1.807, 2.05) is 13.8 Å². The van der Waals surface area contributed by atoms with Crippen molar-refractivity contribution >= 4 is 24.2 Å². The zero-order chi connectivity index (χ0) is 11.0. The monoisotopic (exact) mass is 207 g/mol. The quantitative estimate of drug-likeness (QED) is 0.594. The average molecular weight is 207 g/mol. The van der Waals surface area contributed by atoms with Crippen molar-refractivity contribution in [3.8, 4) is 0 Å². The van der Waals surface area contributed by atoms with Crippen LogP contribution in [-0.4, -0.2) is 47.8 Å². The van der Waals surface area contributed by atoms with Crippen LogP contribution < -0.4 is 0 Å². The van der Waals surface area contributed by atoms with Gasteiger partial charge in [-0.25, -0.2) is 0 Å². The maximum absolute atomic E-state index is 11.8. The van der Waals surface area contributed by atoms with Gasteiger partial charge in [0, 0.05) is 19.0 Å². The maximum atomic E-state index is 11.8. The van der Waals surface area contributed by atoms with Gasteiger partial charge in [-0.3, -0.25) is 24.5 Å². The third-order valence-corrected chi connectivity index (χ3v) is 2.44. The van der Waals surface area contributed by atoms with Crippen LogP contribution in [0.3, 0.4) is 0 Å². The number of rotatable bonds is 2. The SMILES string of the molecule is CC(C)CN1C(=O)C2N=CC=NC2C1=O. The topological polar surface area (TPSA) is 62.1 Å². The number of imide groups is 1. The summed E-state index contributed by atoms with van der Waals surface area (Å²) in [7, 11) is 0. The summed E-state index contributed by atoms with van der Waals surface area (Å²) in [4.78, 5) is 32.9. The summed E-state index contributed by atoms with van der Waals surface area (Å²) in [5.74, 6) is -0.162. The molecule has 1 saturated heterocycles. The highest BCUT2D eigenvalue weighted by molar-refractivity contribution is 6.20. The Labute approximate surface area is 87.9 Å². The first-order chi connectivity index (χ1) is 7.11. The molecule has 5 nitrogen and oxygen atoms in total. The summed E-state index contributed by atoms with van der Waals surface area (Å²) >= 11 is 0. The lowest BCUT2D eigenvalue weighted by Gasteiger charge is -2.15. The number of fused-ring (bicyclic) bond motifs is 1. The average Bonchev–Trinajstić information content (AvgIpc) is 2.44. The van der Waals surface area contributed by atoms with Crippen LogP contribution in [0.5, 0.6) is 0 Å². The molecule has 0 radical (unpaired) electrons. The van der Waals surface area contributed by atoms with Gasteiger partial charge in [0.1, 0.15) is 0 Å². The Balaban J connectivity index is 2.23. The Kier molecular flexibility index (Phi) is 2.38. The molecule has 5 heteroatoms. The Bertz CT molecular complexity index is 330. The van der Waals surface area contributed by atoms with Gasteiger partial charge in [0.15, 0.2) is 12.1 Å². The minimum atomic E-state index is -0.610. The highest BCUT2D eigenvalue weighted by Gasteiger charge is 2.48. The standard InChI is InChI=1S/C10H13N3O2/c1-6(2)5-13-9(14)7-8(10(13)15)12-4-3-11-7/h3-4,6-8H,5H2,1-2H3. The number of likely N-dealkylation sites (tertiary alicyclic amines) is 1. The van der Waals surface area contributed by atoms with Gasteiger partial charge < -0.3 is 0 Å². The van der Waals surface area contributed by atoms with Crippen LogP contribution in [0.4, 0.5) is 0 Å². The van der Waals surface area contributed by atoms with Gasteiger partial charge in [-0.1, -0.05) is 13.8 Å². The molecule has 2 atom stereocenters. The largest absolute Gasteiger partial charge is 0.278 e. The lowest BCUT2D eigenvalue weighted by molar-refractivity contribution is -0.139. The molecule has 0 spiro atoms. The Morgan fingerprint density at radius 1 is 1.20 bits per heavy atom. The van der Waals surface area contributed by atoms with Gasteiger partial charge in [0.25, 0.3) is 11.8 Å². The molecule has 2 amide bonds. The summed E-state index contributed by atoms with van der Waals surface area (Å²) in [6.45, 7) is 4.39. The van der Waals surface area contributed by atoms with Gasteiger partial charge in [0.05, 0.1) is 0 Å². The number of hydrogen-bond acceptors (Lipinski definition) is 4. The van der Waals surface area contributed by atoms with Crippen molar-refractivity contribution in [1.82, 2.24) is 4.90 Å². The lowest BCUT2D eigenvalue weighted by atomic mass is 10.1. The van der Waals surface area contributed by atoms with E-state index in [0.717, 1.165) is 0 Å². The van der Waals surface area contributed by atoms with Gasteiger partial charge in [-0.05, 0) is 5.92 Å². The third kappa shape index (κ3) is 1.58. The molecule has 1 fully saturated rings. The zero-order valence-electron chi connectivity index (χ0n) is 8.75. The van der Waals surface area contributed by atoms with E-state index in [0.29, 0.717) is 6.54 Å². The predicted molar refractivity (Wildman–Crippen MR) is 56.1 cm³/mol. The molecule has 80 valence electrons. The van der Waals surface area contributed by atoms with E-state index in [9.17, 15) is 9.59 Å². The van der Waals surface area contributed by atoms with Gasteiger partial charge in [-0.15, -0.1) is 0 Å². The molecule has 2 heterocycles. The second-order valence-electron chi connectivity index (χ2n) is 4.17. The highest BCUT2D eigenvalue weighted by atomic mass is 16.2. The summed E-state index contributed by atoms with van der Waals surface area (Å²) in [5, 5.41) is 0. The van der Waals surface area contributed by atoms with Crippen LogP contribution in [0.2, 0.25) is 0 Å². The number of hydrogen-bond donors (Lipinski definition) is 0. The first-order valence-corrected chi connectivity index (χ1v) is 5.01. The molecule has 0 saturated carbocycles. The molecule has 2 rings (SSSR count). The molecule has 0 N–H and O–H groups in total. The second-order valence-corrected chi connectivity index (χ2v) is 4.17. The van der Waals surface area contributed by atoms with E-state index in [1.165, 1.54) is 17.3 Å². The maximum Gasteiger partial charge on any atom is 0.256 e. The van der Waals surface area contributed by atoms with Crippen molar-refractivity contribution in [2.75, 3.05) is 6.54 Å². The van der Waals surface area contributed by atoms with Crippen LogP contribution in [-0.2, 0) is 9.59 Å². The molecule has 2 unspecified atom stereocenters. The fourth-order valence-electron chi connectivity index (χ4n) is 1.80. The van der Waals surface area contributed by atoms with Crippen LogP contribution in [0.15, 0.2) is 9.98 Å². The molecule has 0 aromatic rings. The van der Waals surface area contributed by atoms with Crippen molar-refractivity contribution in [2.45, 2.75) is 25.9 Å². The fourth-order valence-corrected chi connectivity index (χ4v) is 1.80. The summed E-state index contributed by atoms with van der Waals surface area (Å²) in [5.41, 5.74) is 0. The minimum Gasteiger partial charge on any atom is -0.278 e. The molecule has 0 aromatic heterocycles. The Morgan fingerprint density at radius 2 is 1.67 bits per heavy atom.